The summed E-state index contributed by atoms with van der Waals surface area (Å²) in [5.74, 6) is -0.404. The maximum atomic E-state index is 13.6. The van der Waals surface area contributed by atoms with E-state index in [4.69, 9.17) is 0 Å². The summed E-state index contributed by atoms with van der Waals surface area (Å²) < 4.78 is 0. The Bertz CT molecular complexity index is 1440. The minimum Gasteiger partial charge on any atom is -0.390 e. The van der Waals surface area contributed by atoms with Crippen molar-refractivity contribution in [3.05, 3.63) is 94.3 Å². The van der Waals surface area contributed by atoms with Crippen LogP contribution in [-0.2, 0) is 23.8 Å². The molecule has 7 nitrogen and oxygen atoms in total. The van der Waals surface area contributed by atoms with Gasteiger partial charge in [0.25, 0.3) is 5.91 Å². The van der Waals surface area contributed by atoms with E-state index >= 15 is 0 Å². The molecule has 0 radical (unpaired) electrons. The normalized spacial score (nSPS) is 19.5. The van der Waals surface area contributed by atoms with E-state index in [1.165, 1.54) is 18.1 Å². The Hall–Kier alpha value is -3.55. The van der Waals surface area contributed by atoms with E-state index in [9.17, 15) is 14.7 Å². The fourth-order valence-electron chi connectivity index (χ4n) is 5.70. The Kier molecular flexibility index (Phi) is 8.81. The molecule has 4 N–H and O–H groups in total. The van der Waals surface area contributed by atoms with E-state index in [-0.39, 0.29) is 22.6 Å². The second-order valence-electron chi connectivity index (χ2n) is 13.1. The van der Waals surface area contributed by atoms with Gasteiger partial charge in [-0.1, -0.05) is 45.0 Å². The molecule has 4 bridgehead atoms. The smallest absolute Gasteiger partial charge is 0.251 e. The Labute approximate surface area is 249 Å². The van der Waals surface area contributed by atoms with Crippen molar-refractivity contribution in [1.29, 1.82) is 0 Å². The van der Waals surface area contributed by atoms with Crippen LogP contribution in [0.5, 0.6) is 0 Å². The number of carbonyl (C=O) groups is 2. The highest BCUT2D eigenvalue weighted by molar-refractivity contribution is 6.01. The molecule has 2 heterocycles. The third-order valence-electron chi connectivity index (χ3n) is 8.57. The second-order valence-corrected chi connectivity index (χ2v) is 13.1. The number of aliphatic hydroxyl groups excluding tert-OH is 1. The van der Waals surface area contributed by atoms with Crippen LogP contribution < -0.4 is 16.0 Å². The van der Waals surface area contributed by atoms with Crippen molar-refractivity contribution < 1.29 is 14.7 Å². The quantitative estimate of drug-likeness (QED) is 0.301. The fraction of sp³-hybridized carbons (Fsp3) is 0.457. The molecule has 0 saturated heterocycles. The number of hydrogen-bond donors (Lipinski definition) is 4. The van der Waals surface area contributed by atoms with Crippen LogP contribution >= 0.6 is 0 Å². The van der Waals surface area contributed by atoms with Crippen LogP contribution in [0.15, 0.2) is 60.8 Å². The summed E-state index contributed by atoms with van der Waals surface area (Å²) in [4.78, 5) is 30.6. The SMILES string of the molecule is CC(=O)c1cc2cc(c1)C(=O)N[C@H]([C@H](O)CNC1(c3cc(C(C)(C)C)ccn3)CC1)Cc1cccc(c1)CCCCN2. The van der Waals surface area contributed by atoms with E-state index in [0.29, 0.717) is 24.1 Å². The summed E-state index contributed by atoms with van der Waals surface area (Å²) in [7, 11) is 0. The number of nitrogens with zero attached hydrogens (tertiary/aromatic N) is 1. The first-order valence-electron chi connectivity index (χ1n) is 15.2. The van der Waals surface area contributed by atoms with Crippen molar-refractivity contribution in [1.82, 2.24) is 15.6 Å². The van der Waals surface area contributed by atoms with Crippen molar-refractivity contribution in [3.8, 4) is 0 Å². The molecule has 2 aliphatic rings. The molecule has 1 aromatic heterocycles. The first-order valence-corrected chi connectivity index (χ1v) is 15.2. The topological polar surface area (TPSA) is 103 Å². The van der Waals surface area contributed by atoms with Crippen LogP contribution in [0.25, 0.3) is 0 Å². The van der Waals surface area contributed by atoms with Crippen molar-refractivity contribution >= 4 is 17.4 Å². The summed E-state index contributed by atoms with van der Waals surface area (Å²) in [5, 5.41) is 21.7. The summed E-state index contributed by atoms with van der Waals surface area (Å²) in [6, 6.07) is 17.4. The average molecular weight is 569 g/mol. The maximum Gasteiger partial charge on any atom is 0.251 e. The van der Waals surface area contributed by atoms with Crippen LogP contribution in [-0.4, -0.2) is 47.0 Å². The van der Waals surface area contributed by atoms with Gasteiger partial charge in [-0.2, -0.15) is 0 Å². The number of carbonyl (C=O) groups excluding carboxylic acids is 2. The number of aromatic nitrogens is 1. The lowest BCUT2D eigenvalue weighted by Crippen LogP contribution is -2.50. The third kappa shape index (κ3) is 7.26. The predicted octanol–water partition coefficient (Wildman–Crippen LogP) is 5.31. The first kappa shape index (κ1) is 29.9. The Morgan fingerprint density at radius 3 is 2.62 bits per heavy atom. The average Bonchev–Trinajstić information content (AvgIpc) is 3.76. The van der Waals surface area contributed by atoms with Crippen molar-refractivity contribution in [2.24, 2.45) is 0 Å². The lowest BCUT2D eigenvalue weighted by atomic mass is 9.86. The van der Waals surface area contributed by atoms with Crippen molar-refractivity contribution in [3.63, 3.8) is 0 Å². The van der Waals surface area contributed by atoms with Crippen LogP contribution in [0.3, 0.4) is 0 Å². The van der Waals surface area contributed by atoms with Crippen molar-refractivity contribution in [2.45, 2.75) is 89.3 Å². The van der Waals surface area contributed by atoms with Crippen LogP contribution in [0.2, 0.25) is 0 Å². The van der Waals surface area contributed by atoms with Crippen LogP contribution in [0.4, 0.5) is 5.69 Å². The van der Waals surface area contributed by atoms with Crippen molar-refractivity contribution in [2.75, 3.05) is 18.4 Å². The highest BCUT2D eigenvalue weighted by atomic mass is 16.3. The summed E-state index contributed by atoms with van der Waals surface area (Å²) in [6.45, 7) is 9.16. The van der Waals surface area contributed by atoms with Gasteiger partial charge in [-0.3, -0.25) is 14.6 Å². The van der Waals surface area contributed by atoms with Gasteiger partial charge < -0.3 is 21.1 Å². The van der Waals surface area contributed by atoms with Gasteiger partial charge in [-0.05, 0) is 97.9 Å². The number of amides is 1. The summed E-state index contributed by atoms with van der Waals surface area (Å²) in [6.07, 6.45) is 6.38. The zero-order valence-corrected chi connectivity index (χ0v) is 25.3. The zero-order chi connectivity index (χ0) is 29.9. The maximum absolute atomic E-state index is 13.6. The van der Waals surface area contributed by atoms with Gasteiger partial charge in [0.2, 0.25) is 0 Å². The highest BCUT2D eigenvalue weighted by Gasteiger charge is 2.46. The Morgan fingerprint density at radius 1 is 1.10 bits per heavy atom. The fourth-order valence-corrected chi connectivity index (χ4v) is 5.70. The van der Waals surface area contributed by atoms with E-state index in [0.717, 1.165) is 55.6 Å². The van der Waals surface area contributed by atoms with E-state index in [1.54, 1.807) is 18.2 Å². The van der Waals surface area contributed by atoms with Crippen LogP contribution in [0.1, 0.15) is 96.5 Å². The predicted molar refractivity (Wildman–Crippen MR) is 167 cm³/mol. The molecule has 5 rings (SSSR count). The number of pyridine rings is 1. The lowest BCUT2D eigenvalue weighted by Gasteiger charge is -2.28. The van der Waals surface area contributed by atoms with Gasteiger partial charge in [-0.15, -0.1) is 0 Å². The van der Waals surface area contributed by atoms with Gasteiger partial charge in [0, 0.05) is 36.1 Å². The Morgan fingerprint density at radius 2 is 1.88 bits per heavy atom. The van der Waals surface area contributed by atoms with Gasteiger partial charge in [0.15, 0.2) is 5.78 Å². The first-order chi connectivity index (χ1) is 20.0. The molecule has 0 unspecified atom stereocenters. The molecule has 0 spiro atoms. The number of aryl methyl sites for hydroxylation is 1. The van der Waals surface area contributed by atoms with E-state index in [2.05, 4.69) is 78.1 Å². The molecule has 1 saturated carbocycles. The molecule has 1 fully saturated rings. The minimum atomic E-state index is -0.842. The number of nitrogens with one attached hydrogen (secondary N) is 3. The number of aliphatic hydroxyl groups is 1. The largest absolute Gasteiger partial charge is 0.390 e. The molecule has 2 atom stereocenters. The molecule has 2 aromatic carbocycles. The molecule has 1 aliphatic carbocycles. The molecule has 7 heteroatoms. The number of rotatable bonds is 6. The number of hydrogen-bond acceptors (Lipinski definition) is 6. The number of ketones is 1. The molecule has 42 heavy (non-hydrogen) atoms. The summed E-state index contributed by atoms with van der Waals surface area (Å²) >= 11 is 0. The standard InChI is InChI=1S/C35H44N4O3/c1-23(40)26-18-27-20-29(19-26)36-14-6-5-8-24-9-7-10-25(16-24)17-30(39-33(27)42)31(41)22-38-35(12-13-35)32-21-28(11-15-37-32)34(2,3)4/h7,9-11,15-16,18-21,30-31,36,38,41H,5-6,8,12-14,17,22H2,1-4H3,(H,39,42)/t30-,31+/m0/s1. The van der Waals surface area contributed by atoms with E-state index < -0.39 is 12.1 Å². The zero-order valence-electron chi connectivity index (χ0n) is 25.3. The Balaban J connectivity index is 1.39. The van der Waals surface area contributed by atoms with Gasteiger partial charge in [0.1, 0.15) is 0 Å². The highest BCUT2D eigenvalue weighted by Crippen LogP contribution is 2.45. The number of Topliss-reactive ketones (excluding diaryl/α,β-unsaturated/α-hetero) is 1. The second kappa shape index (κ2) is 12.4. The minimum absolute atomic E-state index is 0.0196. The van der Waals surface area contributed by atoms with Gasteiger partial charge >= 0.3 is 0 Å². The molecule has 222 valence electrons. The van der Waals surface area contributed by atoms with Gasteiger partial charge in [-0.25, -0.2) is 0 Å². The molecule has 1 aliphatic heterocycles. The number of fused-ring (bicyclic) bond motifs is 4. The lowest BCUT2D eigenvalue weighted by molar-refractivity contribution is 0.0821. The molecule has 3 aromatic rings. The number of benzene rings is 2. The molecular weight excluding hydrogens is 524 g/mol. The number of anilines is 1. The van der Waals surface area contributed by atoms with Gasteiger partial charge in [0.05, 0.1) is 23.4 Å². The molecular formula is C35H44N4O3. The summed E-state index contributed by atoms with van der Waals surface area (Å²) in [5.41, 5.74) is 5.96. The van der Waals surface area contributed by atoms with Crippen LogP contribution in [0, 0.1) is 0 Å². The molecule has 1 amide bonds. The van der Waals surface area contributed by atoms with E-state index in [1.807, 2.05) is 6.20 Å². The third-order valence-corrected chi connectivity index (χ3v) is 8.57. The monoisotopic (exact) mass is 568 g/mol.